The van der Waals surface area contributed by atoms with E-state index in [0.29, 0.717) is 55.4 Å². The number of nitrogens with zero attached hydrogens (tertiary/aromatic N) is 3. The van der Waals surface area contributed by atoms with Crippen molar-refractivity contribution in [3.05, 3.63) is 66.0 Å². The highest BCUT2D eigenvalue weighted by Crippen LogP contribution is 2.57. The molecule has 2 N–H and O–H groups in total. The summed E-state index contributed by atoms with van der Waals surface area (Å²) in [6.07, 6.45) is 8.28. The Kier molecular flexibility index (Phi) is 10.4. The van der Waals surface area contributed by atoms with E-state index in [4.69, 9.17) is 9.72 Å². The fraction of sp³-hybridized carbons (Fsp3) is 0.561. The van der Waals surface area contributed by atoms with Gasteiger partial charge in [-0.3, -0.25) is 23.7 Å². The Morgan fingerprint density at radius 1 is 1.11 bits per heavy atom. The molecule has 2 aromatic carbocycles. The Bertz CT molecular complexity index is 2060. The molecule has 2 aliphatic heterocycles. The second-order valence-corrected chi connectivity index (χ2v) is 18.8. The van der Waals surface area contributed by atoms with E-state index in [-0.39, 0.29) is 37.0 Å². The maximum Gasteiger partial charge on any atom is 0.297 e. The molecule has 0 bridgehead atoms. The molecule has 290 valence electrons. The minimum atomic E-state index is -3.93. The van der Waals surface area contributed by atoms with Crippen molar-refractivity contribution < 1.29 is 31.9 Å². The largest absolute Gasteiger partial charge is 0.459 e. The van der Waals surface area contributed by atoms with E-state index in [1.165, 1.54) is 12.1 Å². The van der Waals surface area contributed by atoms with Gasteiger partial charge in [0.2, 0.25) is 21.8 Å². The summed E-state index contributed by atoms with van der Waals surface area (Å²) in [5, 5.41) is 3.29. The van der Waals surface area contributed by atoms with Gasteiger partial charge in [-0.1, -0.05) is 51.0 Å². The zero-order valence-electron chi connectivity index (χ0n) is 31.6. The fourth-order valence-electron chi connectivity index (χ4n) is 8.14. The van der Waals surface area contributed by atoms with Crippen LogP contribution in [0, 0.1) is 30.0 Å². The number of amides is 2. The normalized spacial score (nSPS) is 27.8. The number of ether oxygens (including phenoxy) is 1. The molecule has 3 aromatic rings. The number of aryl methyl sites for hydroxylation is 1. The fourth-order valence-corrected chi connectivity index (χ4v) is 9.48. The van der Waals surface area contributed by atoms with Gasteiger partial charge in [0.15, 0.2) is 5.78 Å². The second-order valence-electron chi connectivity index (χ2n) is 16.6. The molecule has 13 heteroatoms. The molecule has 2 aliphatic carbocycles. The maximum absolute atomic E-state index is 14.7. The molecule has 0 spiro atoms. The minimum absolute atomic E-state index is 0.107. The van der Waals surface area contributed by atoms with Crippen molar-refractivity contribution in [2.45, 2.75) is 121 Å². The molecule has 1 saturated heterocycles. The van der Waals surface area contributed by atoms with Crippen molar-refractivity contribution in [3.63, 3.8) is 0 Å². The van der Waals surface area contributed by atoms with Crippen LogP contribution in [0.15, 0.2) is 54.6 Å². The summed E-state index contributed by atoms with van der Waals surface area (Å²) in [6, 6.07) is 11.1. The van der Waals surface area contributed by atoms with Gasteiger partial charge in [0, 0.05) is 25.1 Å². The lowest BCUT2D eigenvalue weighted by atomic mass is 9.91. The number of sulfonamides is 1. The van der Waals surface area contributed by atoms with E-state index in [9.17, 15) is 27.2 Å². The van der Waals surface area contributed by atoms with Crippen LogP contribution in [0.3, 0.4) is 0 Å². The predicted octanol–water partition coefficient (Wildman–Crippen LogP) is 6.45. The van der Waals surface area contributed by atoms with E-state index in [2.05, 4.69) is 23.9 Å². The average Bonchev–Trinajstić information content (AvgIpc) is 3.94. The highest BCUT2D eigenvalue weighted by molar-refractivity contribution is 7.91. The lowest BCUT2D eigenvalue weighted by molar-refractivity contribution is -0.139. The SMILES string of the molecule is Cc1cc(F)cc(N[C@H]2CCCCC/C=C\[C@H]3C[C@@]3(C(=O)NS(=O)(=O)C3(C)CC3)CC(=O)[C@@H]3C[C@@H](Oc4nc5ccccc5n4CC(C)C)CN3C2=O)c1. The van der Waals surface area contributed by atoms with Crippen molar-refractivity contribution in [2.24, 2.45) is 17.3 Å². The van der Waals surface area contributed by atoms with Gasteiger partial charge in [0.1, 0.15) is 18.0 Å². The maximum atomic E-state index is 14.7. The molecule has 2 saturated carbocycles. The molecule has 11 nitrogen and oxygen atoms in total. The van der Waals surface area contributed by atoms with Crippen LogP contribution in [0.5, 0.6) is 6.01 Å². The summed E-state index contributed by atoms with van der Waals surface area (Å²) in [5.74, 6) is -1.70. The van der Waals surface area contributed by atoms with Crippen molar-refractivity contribution in [1.29, 1.82) is 0 Å². The number of hydrogen-bond donors (Lipinski definition) is 2. The molecular weight excluding hydrogens is 710 g/mol. The Morgan fingerprint density at radius 3 is 2.63 bits per heavy atom. The number of hydrogen-bond acceptors (Lipinski definition) is 8. The highest BCUT2D eigenvalue weighted by atomic mass is 32.2. The summed E-state index contributed by atoms with van der Waals surface area (Å²) >= 11 is 0. The van der Waals surface area contributed by atoms with Gasteiger partial charge < -0.3 is 15.0 Å². The molecule has 7 rings (SSSR count). The second kappa shape index (κ2) is 14.8. The molecule has 3 heterocycles. The van der Waals surface area contributed by atoms with Crippen LogP contribution in [0.1, 0.15) is 90.5 Å². The zero-order valence-corrected chi connectivity index (χ0v) is 32.5. The number of imidazole rings is 1. The number of para-hydroxylation sites is 2. The van der Waals surface area contributed by atoms with Crippen LogP contribution in [0.2, 0.25) is 0 Å². The molecule has 4 aliphatic rings. The number of anilines is 1. The summed E-state index contributed by atoms with van der Waals surface area (Å²) in [4.78, 5) is 49.6. The first kappa shape index (κ1) is 38.0. The van der Waals surface area contributed by atoms with Crippen LogP contribution in [-0.4, -0.2) is 69.9 Å². The van der Waals surface area contributed by atoms with Gasteiger partial charge in [-0.25, -0.2) is 12.8 Å². The number of carbonyl (C=O) groups is 3. The zero-order chi connectivity index (χ0) is 38.4. The topological polar surface area (TPSA) is 140 Å². The Hall–Kier alpha value is -4.26. The lowest BCUT2D eigenvalue weighted by Gasteiger charge is -2.30. The molecule has 1 aromatic heterocycles. The van der Waals surface area contributed by atoms with Gasteiger partial charge in [-0.05, 0) is 100 Å². The molecule has 2 amide bonds. The number of allylic oxidation sites excluding steroid dienone is 2. The minimum Gasteiger partial charge on any atom is -0.459 e. The van der Waals surface area contributed by atoms with Crippen LogP contribution < -0.4 is 14.8 Å². The average molecular weight is 762 g/mol. The molecule has 0 radical (unpaired) electrons. The third-order valence-corrected chi connectivity index (χ3v) is 13.8. The van der Waals surface area contributed by atoms with E-state index in [1.807, 2.05) is 41.0 Å². The van der Waals surface area contributed by atoms with Crippen molar-refractivity contribution in [2.75, 3.05) is 11.9 Å². The first-order chi connectivity index (χ1) is 25.7. The molecule has 5 atom stereocenters. The van der Waals surface area contributed by atoms with E-state index >= 15 is 0 Å². The molecular formula is C41H52FN5O6S. The van der Waals surface area contributed by atoms with E-state index in [0.717, 1.165) is 36.7 Å². The number of Topliss-reactive ketones (excluding diaryl/α,β-unsaturated/α-hetero) is 1. The van der Waals surface area contributed by atoms with E-state index in [1.54, 1.807) is 24.8 Å². The number of rotatable bonds is 9. The number of fused-ring (bicyclic) bond motifs is 3. The first-order valence-corrected chi connectivity index (χ1v) is 20.9. The number of ketones is 1. The monoisotopic (exact) mass is 761 g/mol. The summed E-state index contributed by atoms with van der Waals surface area (Å²) < 4.78 is 50.9. The Balaban J connectivity index is 1.22. The summed E-state index contributed by atoms with van der Waals surface area (Å²) in [6.45, 7) is 8.39. The smallest absolute Gasteiger partial charge is 0.297 e. The van der Waals surface area contributed by atoms with Crippen LogP contribution >= 0.6 is 0 Å². The highest BCUT2D eigenvalue weighted by Gasteiger charge is 2.62. The quantitative estimate of drug-likeness (QED) is 0.237. The molecule has 0 unspecified atom stereocenters. The van der Waals surface area contributed by atoms with Crippen molar-refractivity contribution in [3.8, 4) is 6.01 Å². The Morgan fingerprint density at radius 2 is 1.89 bits per heavy atom. The summed E-state index contributed by atoms with van der Waals surface area (Å²) in [5.41, 5.74) is 1.65. The van der Waals surface area contributed by atoms with Crippen LogP contribution in [0.4, 0.5) is 10.1 Å². The van der Waals surface area contributed by atoms with Gasteiger partial charge in [0.25, 0.3) is 6.01 Å². The van der Waals surface area contributed by atoms with Crippen molar-refractivity contribution in [1.82, 2.24) is 19.2 Å². The van der Waals surface area contributed by atoms with Crippen molar-refractivity contribution >= 4 is 44.3 Å². The third-order valence-electron chi connectivity index (χ3n) is 11.7. The first-order valence-electron chi connectivity index (χ1n) is 19.4. The van der Waals surface area contributed by atoms with Gasteiger partial charge in [-0.15, -0.1) is 0 Å². The lowest BCUT2D eigenvalue weighted by Crippen LogP contribution is -2.49. The van der Waals surface area contributed by atoms with Gasteiger partial charge in [-0.2, -0.15) is 4.98 Å². The number of benzene rings is 2. The van der Waals surface area contributed by atoms with Crippen LogP contribution in [-0.2, 0) is 31.0 Å². The Labute approximate surface area is 317 Å². The standard InChI is InChI=1S/C41H52FN5O6S/c1-26(2)24-47-34-15-11-10-13-32(34)44-39(47)53-31-21-35-36(48)23-41(38(50)45-54(51,52)40(4)16-17-40)22-28(41)12-8-6-5-7-9-14-33(37(49)46(35)25-31)43-30-19-27(3)18-29(42)20-30/h8,10-13,15,18-20,26,28,31,33,35,43H,5-7,9,14,16-17,21-25H2,1-4H3,(H,45,50)/b12-8-/t28-,31+,33-,35-,41+/m0/s1. The summed E-state index contributed by atoms with van der Waals surface area (Å²) in [7, 11) is -3.93. The number of aromatic nitrogens is 2. The van der Waals surface area contributed by atoms with Gasteiger partial charge >= 0.3 is 0 Å². The number of nitrogens with one attached hydrogen (secondary N) is 2. The predicted molar refractivity (Wildman–Crippen MR) is 205 cm³/mol. The number of halogens is 1. The molecule has 3 fully saturated rings. The van der Waals surface area contributed by atoms with Gasteiger partial charge in [0.05, 0.1) is 33.8 Å². The van der Waals surface area contributed by atoms with Crippen LogP contribution in [0.25, 0.3) is 11.0 Å². The number of carbonyl (C=O) groups excluding carboxylic acids is 3. The molecule has 54 heavy (non-hydrogen) atoms. The third kappa shape index (κ3) is 7.79. The van der Waals surface area contributed by atoms with E-state index < -0.39 is 50.1 Å².